The molecule has 2 heterocycles. The lowest BCUT2D eigenvalue weighted by molar-refractivity contribution is 0.0488. The number of rotatable bonds is 2. The van der Waals surface area contributed by atoms with Gasteiger partial charge in [-0.15, -0.1) is 0 Å². The average Bonchev–Trinajstić information content (AvgIpc) is 2.76. The van der Waals surface area contributed by atoms with E-state index in [9.17, 15) is 0 Å². The Kier molecular flexibility index (Phi) is 3.58. The number of ether oxygens (including phenoxy) is 1. The minimum atomic E-state index is 0.594. The van der Waals surface area contributed by atoms with Gasteiger partial charge in [-0.3, -0.25) is 0 Å². The first kappa shape index (κ1) is 12.7. The molecule has 3 nitrogen and oxygen atoms in total. The maximum atomic E-state index is 7.09. The second-order valence-electron chi connectivity index (χ2n) is 5.03. The summed E-state index contributed by atoms with van der Waals surface area (Å²) in [5.74, 6) is 0.594. The standard InChI is InChI=1S/C15H15BrN2O/c1-17-12-4-5-15-13(7-12)14(16)9-18(15)8-11-3-2-6-19-10-11/h4-5,7,9,11H,2-3,6,8,10H2. The summed E-state index contributed by atoms with van der Waals surface area (Å²) in [6, 6.07) is 5.87. The van der Waals surface area contributed by atoms with Gasteiger partial charge in [0.2, 0.25) is 0 Å². The van der Waals surface area contributed by atoms with Crippen LogP contribution in [0.5, 0.6) is 0 Å². The van der Waals surface area contributed by atoms with Crippen LogP contribution in [-0.4, -0.2) is 17.8 Å². The van der Waals surface area contributed by atoms with Crippen LogP contribution < -0.4 is 0 Å². The first-order valence-electron chi connectivity index (χ1n) is 6.51. The van der Waals surface area contributed by atoms with Crippen LogP contribution in [0.1, 0.15) is 12.8 Å². The van der Waals surface area contributed by atoms with Crippen molar-refractivity contribution in [3.8, 4) is 0 Å². The Morgan fingerprint density at radius 2 is 2.37 bits per heavy atom. The van der Waals surface area contributed by atoms with Gasteiger partial charge in [-0.05, 0) is 40.9 Å². The van der Waals surface area contributed by atoms with Gasteiger partial charge in [-0.1, -0.05) is 6.07 Å². The van der Waals surface area contributed by atoms with Crippen LogP contribution in [0.4, 0.5) is 5.69 Å². The van der Waals surface area contributed by atoms with E-state index in [0.717, 1.165) is 36.0 Å². The molecule has 1 atom stereocenters. The molecular weight excluding hydrogens is 304 g/mol. The van der Waals surface area contributed by atoms with Crippen LogP contribution in [0.15, 0.2) is 28.9 Å². The second-order valence-corrected chi connectivity index (χ2v) is 5.88. The molecule has 0 amide bonds. The number of hydrogen-bond acceptors (Lipinski definition) is 1. The summed E-state index contributed by atoms with van der Waals surface area (Å²) in [7, 11) is 0. The van der Waals surface area contributed by atoms with E-state index in [1.165, 1.54) is 11.9 Å². The Morgan fingerprint density at radius 3 is 3.11 bits per heavy atom. The number of aromatic nitrogens is 1. The smallest absolute Gasteiger partial charge is 0.188 e. The van der Waals surface area contributed by atoms with E-state index < -0.39 is 0 Å². The van der Waals surface area contributed by atoms with Crippen molar-refractivity contribution in [2.45, 2.75) is 19.4 Å². The third kappa shape index (κ3) is 2.54. The van der Waals surface area contributed by atoms with Gasteiger partial charge in [0.15, 0.2) is 5.69 Å². The van der Waals surface area contributed by atoms with Gasteiger partial charge in [-0.25, -0.2) is 4.85 Å². The van der Waals surface area contributed by atoms with E-state index in [1.54, 1.807) is 0 Å². The van der Waals surface area contributed by atoms with E-state index in [2.05, 4.69) is 31.5 Å². The van der Waals surface area contributed by atoms with Gasteiger partial charge in [-0.2, -0.15) is 0 Å². The molecular formula is C15H15BrN2O. The van der Waals surface area contributed by atoms with E-state index in [0.29, 0.717) is 11.6 Å². The van der Waals surface area contributed by atoms with Crippen LogP contribution in [0, 0.1) is 12.5 Å². The first-order valence-corrected chi connectivity index (χ1v) is 7.31. The molecule has 0 spiro atoms. The summed E-state index contributed by atoms with van der Waals surface area (Å²) < 4.78 is 8.88. The predicted octanol–water partition coefficient (Wildman–Crippen LogP) is 4.38. The second kappa shape index (κ2) is 5.36. The number of fused-ring (bicyclic) bond motifs is 1. The average molecular weight is 319 g/mol. The normalized spacial score (nSPS) is 19.5. The molecule has 1 saturated heterocycles. The molecule has 2 aromatic rings. The maximum absolute atomic E-state index is 7.09. The minimum Gasteiger partial charge on any atom is -0.381 e. The third-order valence-corrected chi connectivity index (χ3v) is 4.29. The molecule has 1 fully saturated rings. The molecule has 1 aliphatic heterocycles. The highest BCUT2D eigenvalue weighted by Crippen LogP contribution is 2.31. The van der Waals surface area contributed by atoms with Crippen molar-refractivity contribution in [1.82, 2.24) is 4.57 Å². The molecule has 0 N–H and O–H groups in total. The van der Waals surface area contributed by atoms with Crippen molar-refractivity contribution in [1.29, 1.82) is 0 Å². The monoisotopic (exact) mass is 318 g/mol. The van der Waals surface area contributed by atoms with Gasteiger partial charge < -0.3 is 9.30 Å². The highest BCUT2D eigenvalue weighted by atomic mass is 79.9. The van der Waals surface area contributed by atoms with E-state index in [1.807, 2.05) is 18.2 Å². The van der Waals surface area contributed by atoms with Crippen molar-refractivity contribution in [3.63, 3.8) is 0 Å². The molecule has 0 radical (unpaired) electrons. The number of nitrogens with zero attached hydrogens (tertiary/aromatic N) is 2. The Morgan fingerprint density at radius 1 is 1.47 bits per heavy atom. The number of benzene rings is 1. The van der Waals surface area contributed by atoms with Gasteiger partial charge in [0.25, 0.3) is 0 Å². The fraction of sp³-hybridized carbons (Fsp3) is 0.400. The van der Waals surface area contributed by atoms with E-state index >= 15 is 0 Å². The van der Waals surface area contributed by atoms with Crippen LogP contribution in [-0.2, 0) is 11.3 Å². The fourth-order valence-electron chi connectivity index (χ4n) is 2.69. The summed E-state index contributed by atoms with van der Waals surface area (Å²) in [5.41, 5.74) is 1.87. The molecule has 3 rings (SSSR count). The highest BCUT2D eigenvalue weighted by molar-refractivity contribution is 9.10. The quantitative estimate of drug-likeness (QED) is 0.752. The van der Waals surface area contributed by atoms with Crippen molar-refractivity contribution in [2.75, 3.05) is 13.2 Å². The maximum Gasteiger partial charge on any atom is 0.188 e. The molecule has 1 aliphatic rings. The van der Waals surface area contributed by atoms with E-state index in [4.69, 9.17) is 11.3 Å². The summed E-state index contributed by atoms with van der Waals surface area (Å²) in [5, 5.41) is 1.12. The predicted molar refractivity (Wildman–Crippen MR) is 79.4 cm³/mol. The summed E-state index contributed by atoms with van der Waals surface area (Å²) in [6.45, 7) is 9.84. The topological polar surface area (TPSA) is 18.5 Å². The molecule has 0 bridgehead atoms. The summed E-state index contributed by atoms with van der Waals surface area (Å²) in [6.07, 6.45) is 4.51. The van der Waals surface area contributed by atoms with Crippen LogP contribution in [0.3, 0.4) is 0 Å². The van der Waals surface area contributed by atoms with Crippen molar-refractivity contribution in [3.05, 3.63) is 40.3 Å². The van der Waals surface area contributed by atoms with Gasteiger partial charge in [0.05, 0.1) is 13.2 Å². The molecule has 1 aromatic heterocycles. The van der Waals surface area contributed by atoms with Crippen molar-refractivity contribution in [2.24, 2.45) is 5.92 Å². The molecule has 4 heteroatoms. The SMILES string of the molecule is [C-]#[N+]c1ccc2c(c1)c(Br)cn2CC1CCCOC1. The molecule has 1 aromatic carbocycles. The first-order chi connectivity index (χ1) is 9.28. The zero-order valence-electron chi connectivity index (χ0n) is 10.6. The van der Waals surface area contributed by atoms with Gasteiger partial charge >= 0.3 is 0 Å². The number of halogens is 1. The Labute approximate surface area is 121 Å². The third-order valence-electron chi connectivity index (χ3n) is 3.65. The van der Waals surface area contributed by atoms with Gasteiger partial charge in [0, 0.05) is 40.6 Å². The van der Waals surface area contributed by atoms with Crippen molar-refractivity contribution >= 4 is 32.5 Å². The largest absolute Gasteiger partial charge is 0.381 e. The van der Waals surface area contributed by atoms with Crippen LogP contribution in [0.2, 0.25) is 0 Å². The zero-order valence-corrected chi connectivity index (χ0v) is 12.2. The summed E-state index contributed by atoms with van der Waals surface area (Å²) in [4.78, 5) is 3.49. The lowest BCUT2D eigenvalue weighted by Crippen LogP contribution is -2.21. The fourth-order valence-corrected chi connectivity index (χ4v) is 3.26. The van der Waals surface area contributed by atoms with Crippen LogP contribution >= 0.6 is 15.9 Å². The Balaban J connectivity index is 1.93. The minimum absolute atomic E-state index is 0.594. The zero-order chi connectivity index (χ0) is 13.2. The Bertz CT molecular complexity index is 635. The summed E-state index contributed by atoms with van der Waals surface area (Å²) >= 11 is 3.59. The highest BCUT2D eigenvalue weighted by Gasteiger charge is 2.16. The molecule has 1 unspecified atom stereocenters. The molecule has 0 aliphatic carbocycles. The lowest BCUT2D eigenvalue weighted by atomic mass is 10.0. The number of hydrogen-bond donors (Lipinski definition) is 0. The van der Waals surface area contributed by atoms with Gasteiger partial charge in [0.1, 0.15) is 0 Å². The molecule has 0 saturated carbocycles. The Hall–Kier alpha value is -1.31. The molecule has 19 heavy (non-hydrogen) atoms. The van der Waals surface area contributed by atoms with E-state index in [-0.39, 0.29) is 0 Å². The lowest BCUT2D eigenvalue weighted by Gasteiger charge is -2.22. The van der Waals surface area contributed by atoms with Crippen LogP contribution in [0.25, 0.3) is 15.7 Å². The van der Waals surface area contributed by atoms with Crippen molar-refractivity contribution < 1.29 is 4.74 Å². The molecule has 98 valence electrons.